The van der Waals surface area contributed by atoms with E-state index < -0.39 is 0 Å². The number of hydrogen-bond donors (Lipinski definition) is 4. The molecule has 0 radical (unpaired) electrons. The Bertz CT molecular complexity index is 1660. The lowest BCUT2D eigenvalue weighted by Gasteiger charge is -2.16. The summed E-state index contributed by atoms with van der Waals surface area (Å²) in [4.78, 5) is 32.6. The molecule has 12 heteroatoms. The summed E-state index contributed by atoms with van der Waals surface area (Å²) in [7, 11) is 3.17. The van der Waals surface area contributed by atoms with Crippen molar-refractivity contribution >= 4 is 35.0 Å². The molecule has 2 aliphatic rings. The number of pyridine rings is 2. The van der Waals surface area contributed by atoms with Crippen LogP contribution in [0.3, 0.4) is 0 Å². The molecule has 2 atom stereocenters. The van der Waals surface area contributed by atoms with Gasteiger partial charge in [-0.2, -0.15) is 0 Å². The van der Waals surface area contributed by atoms with E-state index in [2.05, 4.69) is 21.3 Å². The molecule has 2 fully saturated rings. The summed E-state index contributed by atoms with van der Waals surface area (Å²) in [5.74, 6) is 1.06. The molecule has 10 nitrogen and oxygen atoms in total. The van der Waals surface area contributed by atoms with Crippen LogP contribution in [0.25, 0.3) is 33.6 Å². The van der Waals surface area contributed by atoms with Crippen LogP contribution in [-0.2, 0) is 22.7 Å². The number of nitrogens with one attached hydrogen (secondary N) is 4. The number of aromatic nitrogens is 2. The van der Waals surface area contributed by atoms with Crippen molar-refractivity contribution in [1.82, 2.24) is 31.2 Å². The van der Waals surface area contributed by atoms with Crippen molar-refractivity contribution in [2.45, 2.75) is 38.0 Å². The van der Waals surface area contributed by atoms with Gasteiger partial charge >= 0.3 is 0 Å². The number of amides is 2. The number of hydrogen-bond acceptors (Lipinski definition) is 8. The second-order valence-corrected chi connectivity index (χ2v) is 12.0. The summed E-state index contributed by atoms with van der Waals surface area (Å²) in [6.07, 6.45) is 0.907. The zero-order valence-corrected chi connectivity index (χ0v) is 27.0. The number of carbonyl (C=O) groups is 2. The van der Waals surface area contributed by atoms with Crippen LogP contribution >= 0.6 is 23.2 Å². The maximum absolute atomic E-state index is 11.5. The van der Waals surface area contributed by atoms with Crippen LogP contribution in [-0.4, -0.2) is 61.2 Å². The largest absolute Gasteiger partial charge is 0.481 e. The lowest BCUT2D eigenvalue weighted by molar-refractivity contribution is -0.120. The third-order valence-corrected chi connectivity index (χ3v) is 9.04. The monoisotopic (exact) mass is 660 g/mol. The van der Waals surface area contributed by atoms with Gasteiger partial charge in [-0.15, -0.1) is 0 Å². The summed E-state index contributed by atoms with van der Waals surface area (Å²) >= 11 is 14.1. The molecular formula is C34H34Cl2N6O4. The summed E-state index contributed by atoms with van der Waals surface area (Å²) in [5.41, 5.74) is 6.05. The van der Waals surface area contributed by atoms with Gasteiger partial charge in [0.1, 0.15) is 0 Å². The van der Waals surface area contributed by atoms with Gasteiger partial charge in [0.25, 0.3) is 0 Å². The van der Waals surface area contributed by atoms with Crippen molar-refractivity contribution in [2.75, 3.05) is 27.3 Å². The lowest BCUT2D eigenvalue weighted by Crippen LogP contribution is -2.30. The predicted octanol–water partition coefficient (Wildman–Crippen LogP) is 4.76. The molecule has 0 unspecified atom stereocenters. The Labute approximate surface area is 277 Å². The fraction of sp³-hybridized carbons (Fsp3) is 0.294. The van der Waals surface area contributed by atoms with Crippen LogP contribution in [0.5, 0.6) is 11.8 Å². The minimum atomic E-state index is 0.0490. The third-order valence-electron chi connectivity index (χ3n) is 8.22. The number of carbonyl (C=O) groups excluding carboxylic acids is 2. The van der Waals surface area contributed by atoms with Gasteiger partial charge in [-0.3, -0.25) is 9.59 Å². The summed E-state index contributed by atoms with van der Waals surface area (Å²) in [6, 6.07) is 19.4. The molecule has 2 aromatic carbocycles. The average Bonchev–Trinajstić information content (AvgIpc) is 3.70. The van der Waals surface area contributed by atoms with Crippen LogP contribution in [0.15, 0.2) is 60.7 Å². The molecule has 238 valence electrons. The molecule has 4 aromatic rings. The minimum Gasteiger partial charge on any atom is -0.481 e. The topological polar surface area (TPSA) is 126 Å². The molecule has 0 aliphatic carbocycles. The van der Waals surface area contributed by atoms with E-state index in [0.29, 0.717) is 72.2 Å². The first-order valence-electron chi connectivity index (χ1n) is 15.0. The summed E-state index contributed by atoms with van der Waals surface area (Å²) < 4.78 is 11.2. The van der Waals surface area contributed by atoms with Gasteiger partial charge in [-0.25, -0.2) is 9.97 Å². The zero-order chi connectivity index (χ0) is 32.2. The van der Waals surface area contributed by atoms with Crippen LogP contribution in [0.2, 0.25) is 10.0 Å². The third kappa shape index (κ3) is 6.80. The smallest absolute Gasteiger partial charge is 0.221 e. The molecular weight excluding hydrogens is 627 g/mol. The molecule has 46 heavy (non-hydrogen) atoms. The fourth-order valence-corrected chi connectivity index (χ4v) is 6.39. The quantitative estimate of drug-likeness (QED) is 0.181. The molecule has 0 spiro atoms. The number of halogens is 2. The van der Waals surface area contributed by atoms with Gasteiger partial charge in [0.05, 0.1) is 35.7 Å². The highest BCUT2D eigenvalue weighted by molar-refractivity contribution is 6.39. The Morgan fingerprint density at radius 3 is 1.46 bits per heavy atom. The van der Waals surface area contributed by atoms with E-state index in [0.717, 1.165) is 33.4 Å². The van der Waals surface area contributed by atoms with Crippen molar-refractivity contribution in [1.29, 1.82) is 0 Å². The molecule has 4 N–H and O–H groups in total. The van der Waals surface area contributed by atoms with Gasteiger partial charge in [-0.05, 0) is 12.1 Å². The molecule has 4 heterocycles. The first-order chi connectivity index (χ1) is 22.3. The Balaban J connectivity index is 1.25. The Kier molecular flexibility index (Phi) is 9.70. The second-order valence-electron chi connectivity index (χ2n) is 11.2. The van der Waals surface area contributed by atoms with E-state index in [1.165, 1.54) is 0 Å². The number of benzene rings is 2. The van der Waals surface area contributed by atoms with E-state index in [4.69, 9.17) is 42.6 Å². The first-order valence-corrected chi connectivity index (χ1v) is 15.8. The van der Waals surface area contributed by atoms with Gasteiger partial charge in [0.2, 0.25) is 23.6 Å². The van der Waals surface area contributed by atoms with Crippen LogP contribution in [0.1, 0.15) is 24.0 Å². The molecule has 6 rings (SSSR count). The van der Waals surface area contributed by atoms with Gasteiger partial charge in [-0.1, -0.05) is 71.7 Å². The Hall–Kier alpha value is -4.22. The van der Waals surface area contributed by atoms with E-state index in [9.17, 15) is 9.59 Å². The molecule has 0 saturated carbocycles. The Morgan fingerprint density at radius 2 is 1.09 bits per heavy atom. The standard InChI is InChI=1S/C34H34Cl2N6O4/c1-45-33-19(15-37-21-13-29(43)39-17-21)9-11-27(41-33)25-7-3-5-23(31(25)35)24-6-4-8-26(32(24)36)28-12-10-20(34(42-28)46-2)16-38-22-14-30(44)40-18-22/h3-12,21-22,37-38H,13-18H2,1-2H3,(H,39,43)(H,40,44)/t21-,22-/m0/s1. The average molecular weight is 662 g/mol. The van der Waals surface area contributed by atoms with Crippen LogP contribution < -0.4 is 30.7 Å². The van der Waals surface area contributed by atoms with Crippen molar-refractivity contribution < 1.29 is 19.1 Å². The maximum Gasteiger partial charge on any atom is 0.221 e. The highest BCUT2D eigenvalue weighted by Gasteiger charge is 2.23. The molecule has 0 bridgehead atoms. The van der Waals surface area contributed by atoms with Crippen molar-refractivity contribution in [3.05, 3.63) is 81.8 Å². The second kappa shape index (κ2) is 14.0. The molecule has 2 saturated heterocycles. The predicted molar refractivity (Wildman–Crippen MR) is 178 cm³/mol. The normalized spacial score (nSPS) is 17.6. The van der Waals surface area contributed by atoms with Gasteiger partial charge in [0.15, 0.2) is 0 Å². The van der Waals surface area contributed by atoms with Crippen molar-refractivity contribution in [2.24, 2.45) is 0 Å². The van der Waals surface area contributed by atoms with E-state index in [-0.39, 0.29) is 23.9 Å². The molecule has 2 aliphatic heterocycles. The summed E-state index contributed by atoms with van der Waals surface area (Å²) in [5, 5.41) is 13.4. The SMILES string of the molecule is COc1nc(-c2cccc(-c3cccc(-c4ccc(CN[C@@H]5CNC(=O)C5)c(OC)n4)c3Cl)c2Cl)ccc1CN[C@@H]1CNC(=O)C1. The van der Waals surface area contributed by atoms with E-state index >= 15 is 0 Å². The summed E-state index contributed by atoms with van der Waals surface area (Å²) in [6.45, 7) is 2.24. The molecule has 2 amide bonds. The maximum atomic E-state index is 11.5. The highest BCUT2D eigenvalue weighted by Crippen LogP contribution is 2.42. The van der Waals surface area contributed by atoms with Gasteiger partial charge < -0.3 is 30.7 Å². The molecule has 2 aromatic heterocycles. The fourth-order valence-electron chi connectivity index (χ4n) is 5.74. The number of methoxy groups -OCH3 is 2. The Morgan fingerprint density at radius 1 is 0.674 bits per heavy atom. The number of rotatable bonds is 11. The zero-order valence-electron chi connectivity index (χ0n) is 25.5. The first kappa shape index (κ1) is 31.7. The number of ether oxygens (including phenoxy) is 2. The van der Waals surface area contributed by atoms with Gasteiger partial charge in [0, 0.05) is 84.5 Å². The minimum absolute atomic E-state index is 0.0490. The van der Waals surface area contributed by atoms with E-state index in [1.807, 2.05) is 60.7 Å². The lowest BCUT2D eigenvalue weighted by atomic mass is 9.98. The van der Waals surface area contributed by atoms with Crippen molar-refractivity contribution in [3.63, 3.8) is 0 Å². The van der Waals surface area contributed by atoms with E-state index in [1.54, 1.807) is 14.2 Å². The van der Waals surface area contributed by atoms with Crippen LogP contribution in [0.4, 0.5) is 0 Å². The van der Waals surface area contributed by atoms with Crippen LogP contribution in [0, 0.1) is 0 Å². The highest BCUT2D eigenvalue weighted by atomic mass is 35.5. The number of nitrogens with zero attached hydrogens (tertiary/aromatic N) is 2. The van der Waals surface area contributed by atoms with Crippen molar-refractivity contribution in [3.8, 4) is 45.4 Å².